The van der Waals surface area contributed by atoms with Gasteiger partial charge >= 0.3 is 6.18 Å². The minimum Gasteiger partial charge on any atom is -0.397 e. The molecule has 76 valence electrons. The van der Waals surface area contributed by atoms with Crippen molar-refractivity contribution in [3.8, 4) is 0 Å². The molecule has 0 saturated heterocycles. The number of hydrogen-bond donors (Lipinski definition) is 1. The summed E-state index contributed by atoms with van der Waals surface area (Å²) in [5, 5.41) is 0. The first-order valence-electron chi connectivity index (χ1n) is 4.24. The molecule has 2 N–H and O–H groups in total. The molecule has 1 aromatic rings. The molecular weight excluding hydrogens is 193 g/mol. The summed E-state index contributed by atoms with van der Waals surface area (Å²) in [6.45, 7) is 0. The van der Waals surface area contributed by atoms with Crippen LogP contribution in [0.1, 0.15) is 18.5 Å². The minimum absolute atomic E-state index is 0.0826. The molecule has 2 rings (SSSR count). The zero-order valence-corrected chi connectivity index (χ0v) is 7.30. The maximum Gasteiger partial charge on any atom is 0.399 e. The van der Waals surface area contributed by atoms with Gasteiger partial charge in [-0.1, -0.05) is 0 Å². The van der Waals surface area contributed by atoms with E-state index < -0.39 is 11.6 Å². The van der Waals surface area contributed by atoms with Crippen LogP contribution in [0.15, 0.2) is 18.3 Å². The van der Waals surface area contributed by atoms with E-state index in [1.54, 1.807) is 0 Å². The lowest BCUT2D eigenvalue weighted by Gasteiger charge is -2.18. The van der Waals surface area contributed by atoms with Crippen LogP contribution in [0.3, 0.4) is 0 Å². The molecule has 0 aliphatic heterocycles. The number of nitrogen functional groups attached to an aromatic ring is 1. The Balaban J connectivity index is 2.36. The van der Waals surface area contributed by atoms with E-state index in [4.69, 9.17) is 5.73 Å². The maximum absolute atomic E-state index is 12.6. The molecule has 0 radical (unpaired) electrons. The molecule has 2 nitrogen and oxygen atoms in total. The molecule has 1 aliphatic rings. The number of halogens is 3. The topological polar surface area (TPSA) is 38.9 Å². The SMILES string of the molecule is Nc1ccc(C2(C(F)(F)F)CC2)nc1. The summed E-state index contributed by atoms with van der Waals surface area (Å²) in [4.78, 5) is 3.73. The molecule has 0 atom stereocenters. The van der Waals surface area contributed by atoms with Gasteiger partial charge in [0.05, 0.1) is 17.6 Å². The number of aromatic nitrogens is 1. The number of anilines is 1. The number of hydrogen-bond acceptors (Lipinski definition) is 2. The van der Waals surface area contributed by atoms with Gasteiger partial charge in [0.25, 0.3) is 0 Å². The van der Waals surface area contributed by atoms with E-state index in [2.05, 4.69) is 4.98 Å². The largest absolute Gasteiger partial charge is 0.399 e. The predicted octanol–water partition coefficient (Wildman–Crippen LogP) is 2.26. The van der Waals surface area contributed by atoms with Crippen LogP contribution in [0.4, 0.5) is 18.9 Å². The van der Waals surface area contributed by atoms with Crippen LogP contribution >= 0.6 is 0 Å². The van der Waals surface area contributed by atoms with Gasteiger partial charge in [-0.05, 0) is 25.0 Å². The van der Waals surface area contributed by atoms with Crippen LogP contribution in [0.2, 0.25) is 0 Å². The third-order valence-electron chi connectivity index (χ3n) is 2.57. The fraction of sp³-hybridized carbons (Fsp3) is 0.444. The van der Waals surface area contributed by atoms with E-state index in [0.717, 1.165) is 0 Å². The zero-order chi connectivity index (χ0) is 10.4. The van der Waals surface area contributed by atoms with Crippen LogP contribution < -0.4 is 5.73 Å². The fourth-order valence-corrected chi connectivity index (χ4v) is 1.50. The molecule has 0 bridgehead atoms. The normalized spacial score (nSPS) is 19.4. The quantitative estimate of drug-likeness (QED) is 0.758. The van der Waals surface area contributed by atoms with Gasteiger partial charge in [0.1, 0.15) is 5.41 Å². The van der Waals surface area contributed by atoms with Crippen molar-refractivity contribution in [2.75, 3.05) is 5.73 Å². The van der Waals surface area contributed by atoms with Crippen LogP contribution in [-0.4, -0.2) is 11.2 Å². The van der Waals surface area contributed by atoms with Crippen molar-refractivity contribution in [2.45, 2.75) is 24.4 Å². The Morgan fingerprint density at radius 2 is 1.93 bits per heavy atom. The Morgan fingerprint density at radius 3 is 2.29 bits per heavy atom. The summed E-state index contributed by atoms with van der Waals surface area (Å²) in [7, 11) is 0. The minimum atomic E-state index is -4.20. The Bertz CT molecular complexity index is 338. The average molecular weight is 202 g/mol. The number of pyridine rings is 1. The lowest BCUT2D eigenvalue weighted by molar-refractivity contribution is -0.161. The maximum atomic E-state index is 12.6. The molecule has 0 unspecified atom stereocenters. The second kappa shape index (κ2) is 2.62. The van der Waals surface area contributed by atoms with Gasteiger partial charge in [-0.3, -0.25) is 4.98 Å². The van der Waals surface area contributed by atoms with Crippen LogP contribution in [0.5, 0.6) is 0 Å². The van der Waals surface area contributed by atoms with E-state index in [9.17, 15) is 13.2 Å². The molecule has 1 fully saturated rings. The molecule has 1 heterocycles. The van der Waals surface area contributed by atoms with Gasteiger partial charge in [0, 0.05) is 0 Å². The Hall–Kier alpha value is -1.26. The molecule has 0 amide bonds. The molecule has 0 spiro atoms. The molecule has 5 heteroatoms. The van der Waals surface area contributed by atoms with Crippen molar-refractivity contribution >= 4 is 5.69 Å². The van der Waals surface area contributed by atoms with E-state index in [-0.39, 0.29) is 18.5 Å². The summed E-state index contributed by atoms with van der Waals surface area (Å²) in [5.41, 5.74) is 4.13. The van der Waals surface area contributed by atoms with Crippen molar-refractivity contribution in [3.05, 3.63) is 24.0 Å². The second-order valence-corrected chi connectivity index (χ2v) is 3.56. The van der Waals surface area contributed by atoms with Crippen molar-refractivity contribution in [1.82, 2.24) is 4.98 Å². The van der Waals surface area contributed by atoms with E-state index in [0.29, 0.717) is 5.69 Å². The number of nitrogens with zero attached hydrogens (tertiary/aromatic N) is 1. The Morgan fingerprint density at radius 1 is 1.29 bits per heavy atom. The predicted molar refractivity (Wildman–Crippen MR) is 45.6 cm³/mol. The summed E-state index contributed by atoms with van der Waals surface area (Å²) in [5.74, 6) is 0. The van der Waals surface area contributed by atoms with Gasteiger partial charge in [-0.25, -0.2) is 0 Å². The molecule has 1 saturated carbocycles. The highest BCUT2D eigenvalue weighted by Gasteiger charge is 2.65. The summed E-state index contributed by atoms with van der Waals surface area (Å²) >= 11 is 0. The summed E-state index contributed by atoms with van der Waals surface area (Å²) in [6.07, 6.45) is -2.67. The van der Waals surface area contributed by atoms with Crippen molar-refractivity contribution in [2.24, 2.45) is 0 Å². The first kappa shape index (κ1) is 9.30. The van der Waals surface area contributed by atoms with Gasteiger partial charge < -0.3 is 5.73 Å². The highest BCUT2D eigenvalue weighted by molar-refractivity contribution is 5.38. The lowest BCUT2D eigenvalue weighted by atomic mass is 10.0. The van der Waals surface area contributed by atoms with Crippen LogP contribution in [0.25, 0.3) is 0 Å². The van der Waals surface area contributed by atoms with Crippen molar-refractivity contribution in [3.63, 3.8) is 0 Å². The lowest BCUT2D eigenvalue weighted by Crippen LogP contribution is -2.29. The number of rotatable bonds is 1. The molecule has 14 heavy (non-hydrogen) atoms. The zero-order valence-electron chi connectivity index (χ0n) is 7.30. The molecule has 0 aromatic carbocycles. The van der Waals surface area contributed by atoms with Crippen LogP contribution in [-0.2, 0) is 5.41 Å². The fourth-order valence-electron chi connectivity index (χ4n) is 1.50. The number of alkyl halides is 3. The first-order valence-corrected chi connectivity index (χ1v) is 4.24. The third-order valence-corrected chi connectivity index (χ3v) is 2.57. The second-order valence-electron chi connectivity index (χ2n) is 3.56. The average Bonchev–Trinajstić information content (AvgIpc) is 2.84. The number of nitrogens with two attached hydrogens (primary N) is 1. The Labute approximate surface area is 78.9 Å². The third kappa shape index (κ3) is 1.23. The van der Waals surface area contributed by atoms with Gasteiger partial charge in [0.15, 0.2) is 0 Å². The van der Waals surface area contributed by atoms with Crippen molar-refractivity contribution in [1.29, 1.82) is 0 Å². The van der Waals surface area contributed by atoms with Gasteiger partial charge in [-0.15, -0.1) is 0 Å². The van der Waals surface area contributed by atoms with Crippen LogP contribution in [0, 0.1) is 0 Å². The Kier molecular flexibility index (Phi) is 1.74. The van der Waals surface area contributed by atoms with Gasteiger partial charge in [-0.2, -0.15) is 13.2 Å². The highest BCUT2D eigenvalue weighted by atomic mass is 19.4. The first-order chi connectivity index (χ1) is 6.46. The summed E-state index contributed by atoms with van der Waals surface area (Å²) < 4.78 is 37.8. The molecule has 1 aromatic heterocycles. The van der Waals surface area contributed by atoms with E-state index in [1.165, 1.54) is 18.3 Å². The highest BCUT2D eigenvalue weighted by Crippen LogP contribution is 2.58. The standard InChI is InChI=1S/C9H9F3N2/c10-9(11,12)8(3-4-8)7-2-1-6(13)5-14-7/h1-2,5H,3-4,13H2. The monoisotopic (exact) mass is 202 g/mol. The van der Waals surface area contributed by atoms with E-state index >= 15 is 0 Å². The molecule has 1 aliphatic carbocycles. The van der Waals surface area contributed by atoms with Gasteiger partial charge in [0.2, 0.25) is 0 Å². The summed E-state index contributed by atoms with van der Waals surface area (Å²) in [6, 6.07) is 2.81. The van der Waals surface area contributed by atoms with E-state index in [1.807, 2.05) is 0 Å². The van der Waals surface area contributed by atoms with Crippen molar-refractivity contribution < 1.29 is 13.2 Å². The smallest absolute Gasteiger partial charge is 0.397 e. The molecular formula is C9H9F3N2.